The maximum Gasteiger partial charge on any atom is 0.345 e. The minimum absolute atomic E-state index is 0.151. The number of hydrogen-bond acceptors (Lipinski definition) is 6. The Morgan fingerprint density at radius 2 is 1.92 bits per heavy atom. The Hall–Kier alpha value is -3.25. The molecule has 0 atom stereocenters. The fourth-order valence-corrected chi connectivity index (χ4v) is 3.07. The van der Waals surface area contributed by atoms with Gasteiger partial charge in [-0.05, 0) is 24.3 Å². The van der Waals surface area contributed by atoms with Crippen LogP contribution >= 0.6 is 11.3 Å². The molecule has 1 N–H and O–H groups in total. The summed E-state index contributed by atoms with van der Waals surface area (Å²) >= 11 is 1.31. The number of thiazole rings is 1. The van der Waals surface area contributed by atoms with Gasteiger partial charge in [-0.25, -0.2) is 14.8 Å². The Morgan fingerprint density at radius 1 is 1.12 bits per heavy atom. The molecule has 4 aromatic rings. The summed E-state index contributed by atoms with van der Waals surface area (Å²) in [4.78, 5) is 20.8. The van der Waals surface area contributed by atoms with Crippen LogP contribution in [0.5, 0.6) is 5.75 Å². The standard InChI is InChI=1S/C19H12N2O3S/c22-16-7-3-1-6-13(16)10-20-19-21-15(11-25-19)14-9-12-5-2-4-8-17(12)24-18(14)23/h1-11,22H/b20-10+. The first kappa shape index (κ1) is 15.3. The van der Waals surface area contributed by atoms with E-state index in [9.17, 15) is 9.90 Å². The summed E-state index contributed by atoms with van der Waals surface area (Å²) in [7, 11) is 0. The monoisotopic (exact) mass is 348 g/mol. The highest BCUT2D eigenvalue weighted by Crippen LogP contribution is 2.27. The van der Waals surface area contributed by atoms with Crippen LogP contribution in [0.4, 0.5) is 5.13 Å². The average molecular weight is 348 g/mol. The van der Waals surface area contributed by atoms with Crippen molar-refractivity contribution in [2.75, 3.05) is 0 Å². The molecule has 0 bridgehead atoms. The Labute approximate surface area is 146 Å². The van der Waals surface area contributed by atoms with Crippen molar-refractivity contribution in [1.82, 2.24) is 4.98 Å². The third-order valence-electron chi connectivity index (χ3n) is 3.66. The predicted octanol–water partition coefficient (Wildman–Crippen LogP) is 4.37. The van der Waals surface area contributed by atoms with Crippen LogP contribution in [-0.4, -0.2) is 16.3 Å². The minimum atomic E-state index is -0.430. The molecule has 0 saturated heterocycles. The van der Waals surface area contributed by atoms with Crippen molar-refractivity contribution >= 4 is 33.7 Å². The zero-order valence-electron chi connectivity index (χ0n) is 12.9. The van der Waals surface area contributed by atoms with Crippen LogP contribution in [0.1, 0.15) is 5.56 Å². The number of fused-ring (bicyclic) bond motifs is 1. The Morgan fingerprint density at radius 3 is 2.80 bits per heavy atom. The number of hydrogen-bond donors (Lipinski definition) is 1. The Bertz CT molecular complexity index is 1140. The molecule has 0 radical (unpaired) electrons. The van der Waals surface area contributed by atoms with E-state index >= 15 is 0 Å². The van der Waals surface area contributed by atoms with Crippen LogP contribution in [0.3, 0.4) is 0 Å². The Kier molecular flexibility index (Phi) is 3.87. The average Bonchev–Trinajstić information content (AvgIpc) is 3.09. The quantitative estimate of drug-likeness (QED) is 0.440. The van der Waals surface area contributed by atoms with Gasteiger partial charge in [0.25, 0.3) is 0 Å². The van der Waals surface area contributed by atoms with E-state index in [1.54, 1.807) is 41.9 Å². The van der Waals surface area contributed by atoms with E-state index < -0.39 is 5.63 Å². The highest BCUT2D eigenvalue weighted by atomic mass is 32.1. The largest absolute Gasteiger partial charge is 0.507 e. The lowest BCUT2D eigenvalue weighted by atomic mass is 10.1. The summed E-state index contributed by atoms with van der Waals surface area (Å²) in [6.45, 7) is 0. The van der Waals surface area contributed by atoms with Crippen LogP contribution in [-0.2, 0) is 0 Å². The molecule has 122 valence electrons. The van der Waals surface area contributed by atoms with Gasteiger partial charge in [-0.1, -0.05) is 30.3 Å². The van der Waals surface area contributed by atoms with E-state index in [0.29, 0.717) is 27.5 Å². The second-order valence-corrected chi connectivity index (χ2v) is 6.15. The molecule has 0 aliphatic carbocycles. The summed E-state index contributed by atoms with van der Waals surface area (Å²) in [5.74, 6) is 0.151. The van der Waals surface area contributed by atoms with E-state index in [1.165, 1.54) is 11.3 Å². The smallest absolute Gasteiger partial charge is 0.345 e. The molecular weight excluding hydrogens is 336 g/mol. The van der Waals surface area contributed by atoms with Crippen molar-refractivity contribution in [3.63, 3.8) is 0 Å². The van der Waals surface area contributed by atoms with Crippen LogP contribution in [0, 0.1) is 0 Å². The number of aromatic nitrogens is 1. The molecule has 0 saturated carbocycles. The van der Waals surface area contributed by atoms with Gasteiger partial charge in [0.15, 0.2) is 0 Å². The van der Waals surface area contributed by atoms with E-state index in [1.807, 2.05) is 24.3 Å². The van der Waals surface area contributed by atoms with Crippen LogP contribution < -0.4 is 5.63 Å². The maximum absolute atomic E-state index is 12.2. The fraction of sp³-hybridized carbons (Fsp3) is 0. The van der Waals surface area contributed by atoms with E-state index in [2.05, 4.69) is 9.98 Å². The van der Waals surface area contributed by atoms with Gasteiger partial charge in [0.1, 0.15) is 11.3 Å². The van der Waals surface area contributed by atoms with Gasteiger partial charge in [0.2, 0.25) is 5.13 Å². The molecule has 2 heterocycles. The normalized spacial score (nSPS) is 11.4. The summed E-state index contributed by atoms with van der Waals surface area (Å²) in [6.07, 6.45) is 1.54. The number of phenolic OH excluding ortho intramolecular Hbond substituents is 1. The number of nitrogens with zero attached hydrogens (tertiary/aromatic N) is 2. The number of aliphatic imine (C=N–C) groups is 1. The van der Waals surface area contributed by atoms with Gasteiger partial charge < -0.3 is 9.52 Å². The first-order valence-corrected chi connectivity index (χ1v) is 8.39. The van der Waals surface area contributed by atoms with Crippen molar-refractivity contribution in [2.45, 2.75) is 0 Å². The summed E-state index contributed by atoms with van der Waals surface area (Å²) in [5, 5.41) is 12.8. The van der Waals surface area contributed by atoms with Gasteiger partial charge >= 0.3 is 5.63 Å². The SMILES string of the molecule is O=c1oc2ccccc2cc1-c1csc(/N=C/c2ccccc2O)n1. The second-order valence-electron chi connectivity index (χ2n) is 5.32. The van der Waals surface area contributed by atoms with Gasteiger partial charge in [0, 0.05) is 22.5 Å². The second kappa shape index (κ2) is 6.33. The van der Waals surface area contributed by atoms with E-state index in [-0.39, 0.29) is 5.75 Å². The van der Waals surface area contributed by atoms with Crippen LogP contribution in [0.15, 0.2) is 74.2 Å². The number of para-hydroxylation sites is 2. The molecule has 2 aromatic carbocycles. The lowest BCUT2D eigenvalue weighted by Crippen LogP contribution is -2.02. The van der Waals surface area contributed by atoms with Crippen molar-refractivity contribution < 1.29 is 9.52 Å². The van der Waals surface area contributed by atoms with E-state index in [4.69, 9.17) is 4.42 Å². The first-order valence-electron chi connectivity index (χ1n) is 7.51. The zero-order valence-corrected chi connectivity index (χ0v) is 13.7. The topological polar surface area (TPSA) is 75.7 Å². The van der Waals surface area contributed by atoms with E-state index in [0.717, 1.165) is 5.39 Å². The molecule has 4 rings (SSSR count). The number of aromatic hydroxyl groups is 1. The lowest BCUT2D eigenvalue weighted by molar-refractivity contribution is 0.474. The van der Waals surface area contributed by atoms with Gasteiger partial charge in [-0.3, -0.25) is 0 Å². The molecule has 6 heteroatoms. The van der Waals surface area contributed by atoms with Gasteiger partial charge in [0.05, 0.1) is 11.3 Å². The summed E-state index contributed by atoms with van der Waals surface area (Å²) < 4.78 is 5.34. The number of benzene rings is 2. The maximum atomic E-state index is 12.2. The highest BCUT2D eigenvalue weighted by molar-refractivity contribution is 7.13. The van der Waals surface area contributed by atoms with Crippen LogP contribution in [0.25, 0.3) is 22.2 Å². The van der Waals surface area contributed by atoms with Crippen molar-refractivity contribution in [3.8, 4) is 17.0 Å². The first-order chi connectivity index (χ1) is 12.2. The zero-order chi connectivity index (χ0) is 17.2. The Balaban J connectivity index is 1.69. The van der Waals surface area contributed by atoms with Crippen molar-refractivity contribution in [1.29, 1.82) is 0 Å². The molecule has 0 unspecified atom stereocenters. The molecule has 0 aliphatic heterocycles. The molecule has 0 fully saturated rings. The molecule has 0 aliphatic rings. The van der Waals surface area contributed by atoms with Crippen molar-refractivity contribution in [2.24, 2.45) is 4.99 Å². The van der Waals surface area contributed by atoms with Gasteiger partial charge in [-0.15, -0.1) is 11.3 Å². The molecule has 25 heavy (non-hydrogen) atoms. The third kappa shape index (κ3) is 3.07. The number of rotatable bonds is 3. The highest BCUT2D eigenvalue weighted by Gasteiger charge is 2.11. The fourth-order valence-electron chi connectivity index (χ4n) is 2.41. The summed E-state index contributed by atoms with van der Waals surface area (Å²) in [6, 6.07) is 16.0. The predicted molar refractivity (Wildman–Crippen MR) is 99.0 cm³/mol. The summed E-state index contributed by atoms with van der Waals surface area (Å²) in [5.41, 5.74) is 1.64. The molecule has 2 aromatic heterocycles. The molecule has 0 spiro atoms. The number of phenols is 1. The minimum Gasteiger partial charge on any atom is -0.507 e. The molecule has 5 nitrogen and oxygen atoms in total. The van der Waals surface area contributed by atoms with Crippen molar-refractivity contribution in [3.05, 3.63) is 76.0 Å². The molecule has 0 amide bonds. The van der Waals surface area contributed by atoms with Gasteiger partial charge in [-0.2, -0.15) is 0 Å². The molecular formula is C19H12N2O3S. The lowest BCUT2D eigenvalue weighted by Gasteiger charge is -1.98. The third-order valence-corrected chi connectivity index (χ3v) is 4.41. The van der Waals surface area contributed by atoms with Crippen LogP contribution in [0.2, 0.25) is 0 Å².